The number of hydrogen-bond acceptors (Lipinski definition) is 7. The van der Waals surface area contributed by atoms with Gasteiger partial charge in [-0.3, -0.25) is 19.2 Å². The fourth-order valence-electron chi connectivity index (χ4n) is 6.74. The van der Waals surface area contributed by atoms with E-state index in [4.69, 9.17) is 13.9 Å². The first-order valence-corrected chi connectivity index (χ1v) is 11.1. The average molecular weight is 446 g/mol. The van der Waals surface area contributed by atoms with Crippen molar-refractivity contribution in [3.63, 3.8) is 0 Å². The van der Waals surface area contributed by atoms with Crippen LogP contribution >= 0.6 is 0 Å². The standard InChI is InChI=1S/C24H31NO7/c1-13(26)25(4)17-10-16(21(28)30-5)23(2)8-6-15-22(29)32-18(14-7-9-31-12-14)11-24(15,3)20(23)19(17)27/h7,9,12,15-18,20H,6,8,10-11H2,1-5H3/t15-,16-,17+,18-,20?,23-,24-/m0/s1. The van der Waals surface area contributed by atoms with E-state index in [9.17, 15) is 19.2 Å². The van der Waals surface area contributed by atoms with Gasteiger partial charge in [0, 0.05) is 25.5 Å². The van der Waals surface area contributed by atoms with Gasteiger partial charge in [0.2, 0.25) is 5.91 Å². The van der Waals surface area contributed by atoms with Gasteiger partial charge in [0.25, 0.3) is 0 Å². The molecule has 1 aromatic rings. The number of hydrogen-bond donors (Lipinski definition) is 0. The monoisotopic (exact) mass is 445 g/mol. The number of ketones is 1. The van der Waals surface area contributed by atoms with E-state index in [1.54, 1.807) is 19.4 Å². The molecule has 0 bridgehead atoms. The molecule has 2 heterocycles. The molecule has 7 atom stereocenters. The maximum Gasteiger partial charge on any atom is 0.310 e. The lowest BCUT2D eigenvalue weighted by Gasteiger charge is -2.61. The average Bonchev–Trinajstić information content (AvgIpc) is 3.26. The third kappa shape index (κ3) is 3.18. The van der Waals surface area contributed by atoms with E-state index in [0.29, 0.717) is 19.3 Å². The van der Waals surface area contributed by atoms with Crippen molar-refractivity contribution in [2.75, 3.05) is 14.2 Å². The first-order valence-electron chi connectivity index (χ1n) is 11.1. The Kier molecular flexibility index (Phi) is 5.46. The molecule has 0 aromatic carbocycles. The van der Waals surface area contributed by atoms with Crippen molar-refractivity contribution >= 4 is 23.6 Å². The smallest absolute Gasteiger partial charge is 0.310 e. The maximum absolute atomic E-state index is 14.0. The fourth-order valence-corrected chi connectivity index (χ4v) is 6.74. The van der Waals surface area contributed by atoms with Crippen molar-refractivity contribution in [1.82, 2.24) is 4.90 Å². The molecule has 1 aliphatic heterocycles. The molecule has 32 heavy (non-hydrogen) atoms. The molecule has 3 fully saturated rings. The summed E-state index contributed by atoms with van der Waals surface area (Å²) in [5.41, 5.74) is -0.665. The SMILES string of the molecule is COC(=O)[C@@H]1C[C@@H](N(C)C(C)=O)C(=O)C2[C@@]1(C)CC[C@H]1C(=O)O[C@H](c3ccoc3)C[C@]21C. The quantitative estimate of drug-likeness (QED) is 0.659. The second-order valence-corrected chi connectivity index (χ2v) is 10.1. The van der Waals surface area contributed by atoms with Crippen molar-refractivity contribution in [2.24, 2.45) is 28.6 Å². The zero-order valence-corrected chi connectivity index (χ0v) is 19.3. The lowest BCUT2D eigenvalue weighted by molar-refractivity contribution is -0.206. The Hall–Kier alpha value is -2.64. The van der Waals surface area contributed by atoms with Crippen LogP contribution in [0.1, 0.15) is 58.1 Å². The number of furan rings is 1. The second kappa shape index (κ2) is 7.74. The number of esters is 2. The molecule has 1 unspecified atom stereocenters. The zero-order valence-electron chi connectivity index (χ0n) is 19.3. The third-order valence-electron chi connectivity index (χ3n) is 8.49. The summed E-state index contributed by atoms with van der Waals surface area (Å²) < 4.78 is 16.1. The van der Waals surface area contributed by atoms with Crippen LogP contribution in [-0.2, 0) is 28.7 Å². The Morgan fingerprint density at radius 2 is 1.94 bits per heavy atom. The second-order valence-electron chi connectivity index (χ2n) is 10.1. The minimum absolute atomic E-state index is 0.0850. The minimum atomic E-state index is -0.740. The van der Waals surface area contributed by atoms with Crippen molar-refractivity contribution in [2.45, 2.75) is 58.6 Å². The van der Waals surface area contributed by atoms with Crippen LogP contribution in [0, 0.1) is 28.6 Å². The highest BCUT2D eigenvalue weighted by Crippen LogP contribution is 2.65. The summed E-state index contributed by atoms with van der Waals surface area (Å²) in [7, 11) is 2.94. The lowest BCUT2D eigenvalue weighted by Crippen LogP contribution is -2.66. The van der Waals surface area contributed by atoms with Gasteiger partial charge in [-0.2, -0.15) is 0 Å². The van der Waals surface area contributed by atoms with Crippen LogP contribution in [0.2, 0.25) is 0 Å². The Balaban J connectivity index is 1.82. The van der Waals surface area contributed by atoms with Crippen molar-refractivity contribution in [1.29, 1.82) is 0 Å². The number of methoxy groups -OCH3 is 1. The topological polar surface area (TPSA) is 103 Å². The Morgan fingerprint density at radius 1 is 1.22 bits per heavy atom. The van der Waals surface area contributed by atoms with Crippen molar-refractivity contribution in [3.8, 4) is 0 Å². The molecule has 1 amide bonds. The molecule has 8 heteroatoms. The summed E-state index contributed by atoms with van der Waals surface area (Å²) in [6, 6.07) is 1.02. The van der Waals surface area contributed by atoms with Gasteiger partial charge >= 0.3 is 11.9 Å². The first kappa shape index (κ1) is 22.6. The van der Waals surface area contributed by atoms with Gasteiger partial charge in [-0.15, -0.1) is 0 Å². The summed E-state index contributed by atoms with van der Waals surface area (Å²) in [5.74, 6) is -2.63. The van der Waals surface area contributed by atoms with Crippen LogP contribution in [0.15, 0.2) is 23.0 Å². The molecule has 3 aliphatic rings. The van der Waals surface area contributed by atoms with Gasteiger partial charge in [0.05, 0.1) is 37.5 Å². The lowest BCUT2D eigenvalue weighted by atomic mass is 9.42. The van der Waals surface area contributed by atoms with E-state index in [1.807, 2.05) is 13.8 Å². The van der Waals surface area contributed by atoms with Crippen molar-refractivity contribution < 1.29 is 33.1 Å². The molecule has 8 nitrogen and oxygen atoms in total. The molecule has 0 N–H and O–H groups in total. The Bertz CT molecular complexity index is 940. The predicted octanol–water partition coefficient (Wildman–Crippen LogP) is 2.92. The number of rotatable bonds is 3. The van der Waals surface area contributed by atoms with E-state index in [2.05, 4.69) is 0 Å². The highest BCUT2D eigenvalue weighted by Gasteiger charge is 2.67. The third-order valence-corrected chi connectivity index (χ3v) is 8.49. The van der Waals surface area contributed by atoms with Crippen LogP contribution in [0.25, 0.3) is 0 Å². The normalized spacial score (nSPS) is 38.8. The highest BCUT2D eigenvalue weighted by atomic mass is 16.5. The highest BCUT2D eigenvalue weighted by molar-refractivity contribution is 5.95. The Labute approximate surface area is 187 Å². The molecule has 1 saturated heterocycles. The molecule has 2 saturated carbocycles. The number of likely N-dealkylation sites (N-methyl/N-ethyl adjacent to an activating group) is 1. The van der Waals surface area contributed by atoms with Crippen LogP contribution in [-0.4, -0.2) is 48.7 Å². The number of Topliss-reactive ketones (excluding diaryl/α,β-unsaturated/α-hetero) is 1. The summed E-state index contributed by atoms with van der Waals surface area (Å²) in [4.78, 5) is 53.6. The summed E-state index contributed by atoms with van der Waals surface area (Å²) in [6.07, 6.45) is 4.29. The molecule has 0 radical (unpaired) electrons. The first-order chi connectivity index (χ1) is 15.0. The van der Waals surface area contributed by atoms with Gasteiger partial charge < -0.3 is 18.8 Å². The molecular weight excluding hydrogens is 414 g/mol. The van der Waals surface area contributed by atoms with Gasteiger partial charge in [-0.05, 0) is 42.6 Å². The fraction of sp³-hybridized carbons (Fsp3) is 0.667. The van der Waals surface area contributed by atoms with Gasteiger partial charge in [-0.1, -0.05) is 13.8 Å². The largest absolute Gasteiger partial charge is 0.472 e. The molecule has 2 aliphatic carbocycles. The summed E-state index contributed by atoms with van der Waals surface area (Å²) in [5, 5.41) is 0. The molecule has 0 spiro atoms. The minimum Gasteiger partial charge on any atom is -0.472 e. The predicted molar refractivity (Wildman–Crippen MR) is 112 cm³/mol. The van der Waals surface area contributed by atoms with E-state index in [-0.39, 0.29) is 30.0 Å². The van der Waals surface area contributed by atoms with Crippen LogP contribution in [0.4, 0.5) is 0 Å². The van der Waals surface area contributed by atoms with Crippen LogP contribution in [0.5, 0.6) is 0 Å². The summed E-state index contributed by atoms with van der Waals surface area (Å²) in [6.45, 7) is 5.34. The van der Waals surface area contributed by atoms with Gasteiger partial charge in [0.15, 0.2) is 5.78 Å². The van der Waals surface area contributed by atoms with Gasteiger partial charge in [0.1, 0.15) is 6.10 Å². The Morgan fingerprint density at radius 3 is 2.53 bits per heavy atom. The number of nitrogens with zero attached hydrogens (tertiary/aromatic N) is 1. The van der Waals surface area contributed by atoms with Crippen LogP contribution in [0.3, 0.4) is 0 Å². The molecule has 1 aromatic heterocycles. The number of ether oxygens (including phenoxy) is 2. The van der Waals surface area contributed by atoms with E-state index < -0.39 is 40.7 Å². The van der Waals surface area contributed by atoms with Gasteiger partial charge in [-0.25, -0.2) is 0 Å². The molecular formula is C24H31NO7. The maximum atomic E-state index is 14.0. The number of fused-ring (bicyclic) bond motifs is 3. The number of cyclic esters (lactones) is 1. The van der Waals surface area contributed by atoms with Crippen molar-refractivity contribution in [3.05, 3.63) is 24.2 Å². The van der Waals surface area contributed by atoms with Crippen LogP contribution < -0.4 is 0 Å². The molecule has 174 valence electrons. The van der Waals surface area contributed by atoms with E-state index in [1.165, 1.54) is 25.2 Å². The number of carbonyl (C=O) groups excluding carboxylic acids is 4. The molecule has 4 rings (SSSR count). The number of amides is 1. The van der Waals surface area contributed by atoms with E-state index in [0.717, 1.165) is 5.56 Å². The van der Waals surface area contributed by atoms with E-state index >= 15 is 0 Å². The summed E-state index contributed by atoms with van der Waals surface area (Å²) >= 11 is 0. The zero-order chi connectivity index (χ0) is 23.4. The number of carbonyl (C=O) groups is 4.